The van der Waals surface area contributed by atoms with Crippen molar-refractivity contribution in [3.8, 4) is 10.4 Å². The molecule has 0 radical (unpaired) electrons. The first-order chi connectivity index (χ1) is 9.74. The first-order valence-electron chi connectivity index (χ1n) is 6.14. The molecule has 4 rings (SSSR count). The summed E-state index contributed by atoms with van der Waals surface area (Å²) in [4.78, 5) is 13.1. The Kier molecular flexibility index (Phi) is 2.41. The van der Waals surface area contributed by atoms with Gasteiger partial charge < -0.3 is 10.5 Å². The number of nitrogens with two attached hydrogens (primary N) is 1. The highest BCUT2D eigenvalue weighted by Crippen LogP contribution is 2.33. The van der Waals surface area contributed by atoms with E-state index in [9.17, 15) is 4.79 Å². The summed E-state index contributed by atoms with van der Waals surface area (Å²) in [6.45, 7) is 2.01. The van der Waals surface area contributed by atoms with Crippen LogP contribution in [0.5, 0.6) is 0 Å². The Morgan fingerprint density at radius 2 is 2.30 bits per heavy atom. The zero-order chi connectivity index (χ0) is 13.7. The molecule has 102 valence electrons. The molecule has 0 fully saturated rings. The second-order valence-electron chi connectivity index (χ2n) is 4.55. The van der Waals surface area contributed by atoms with Gasteiger partial charge in [-0.3, -0.25) is 9.48 Å². The van der Waals surface area contributed by atoms with Gasteiger partial charge in [-0.1, -0.05) is 0 Å². The summed E-state index contributed by atoms with van der Waals surface area (Å²) < 4.78 is 9.11. The van der Waals surface area contributed by atoms with Crippen molar-refractivity contribution in [1.29, 1.82) is 0 Å². The van der Waals surface area contributed by atoms with Crippen LogP contribution in [0, 0.1) is 0 Å². The van der Waals surface area contributed by atoms with Gasteiger partial charge >= 0.3 is 0 Å². The molecule has 20 heavy (non-hydrogen) atoms. The lowest BCUT2D eigenvalue weighted by molar-refractivity contribution is 0.0804. The van der Waals surface area contributed by atoms with E-state index in [1.807, 2.05) is 17.1 Å². The van der Waals surface area contributed by atoms with Crippen LogP contribution in [0.4, 0.5) is 0 Å². The Hall–Kier alpha value is -2.19. The Morgan fingerprint density at radius 1 is 1.40 bits per heavy atom. The Bertz CT molecular complexity index is 815. The van der Waals surface area contributed by atoms with Crippen LogP contribution in [0.2, 0.25) is 0 Å². The molecule has 3 aromatic rings. The van der Waals surface area contributed by atoms with Gasteiger partial charge in [0.05, 0.1) is 48.3 Å². The maximum absolute atomic E-state index is 11.3. The number of primary amides is 1. The normalized spacial score (nSPS) is 14.6. The molecule has 0 saturated heterocycles. The highest BCUT2D eigenvalue weighted by Gasteiger charge is 2.20. The molecular formula is C12H11N5O2S. The van der Waals surface area contributed by atoms with Gasteiger partial charge in [0, 0.05) is 11.8 Å². The minimum Gasteiger partial charge on any atom is -0.373 e. The molecular weight excluding hydrogens is 278 g/mol. The van der Waals surface area contributed by atoms with E-state index in [4.69, 9.17) is 10.5 Å². The largest absolute Gasteiger partial charge is 0.373 e. The summed E-state index contributed by atoms with van der Waals surface area (Å²) >= 11 is 1.48. The molecule has 0 spiro atoms. The van der Waals surface area contributed by atoms with E-state index < -0.39 is 5.91 Å². The van der Waals surface area contributed by atoms with Gasteiger partial charge in [0.1, 0.15) is 4.83 Å². The highest BCUT2D eigenvalue weighted by molar-refractivity contribution is 7.21. The molecule has 4 heterocycles. The number of hydrogen-bond donors (Lipinski definition) is 1. The maximum Gasteiger partial charge on any atom is 0.253 e. The van der Waals surface area contributed by atoms with Crippen molar-refractivity contribution in [2.45, 2.75) is 13.2 Å². The van der Waals surface area contributed by atoms with Crippen molar-refractivity contribution >= 4 is 22.1 Å². The van der Waals surface area contributed by atoms with Crippen LogP contribution in [0.3, 0.4) is 0 Å². The quantitative estimate of drug-likeness (QED) is 0.759. The summed E-state index contributed by atoms with van der Waals surface area (Å²) in [5, 5.41) is 8.52. The number of aromatic nitrogens is 4. The molecule has 1 aliphatic rings. The van der Waals surface area contributed by atoms with E-state index in [1.165, 1.54) is 17.5 Å². The lowest BCUT2D eigenvalue weighted by Gasteiger charge is -2.14. The van der Waals surface area contributed by atoms with Gasteiger partial charge in [-0.2, -0.15) is 10.2 Å². The van der Waals surface area contributed by atoms with Gasteiger partial charge in [-0.25, -0.2) is 4.52 Å². The molecule has 8 heteroatoms. The summed E-state index contributed by atoms with van der Waals surface area (Å²) in [7, 11) is 0. The number of carbonyl (C=O) groups is 1. The molecule has 0 bridgehead atoms. The van der Waals surface area contributed by atoms with Gasteiger partial charge in [0.25, 0.3) is 5.91 Å². The van der Waals surface area contributed by atoms with Crippen molar-refractivity contribution in [3.63, 3.8) is 0 Å². The summed E-state index contributed by atoms with van der Waals surface area (Å²) in [6, 6.07) is 0. The Labute approximate surface area is 117 Å². The third kappa shape index (κ3) is 1.58. The predicted molar refractivity (Wildman–Crippen MR) is 72.5 cm³/mol. The van der Waals surface area contributed by atoms with Gasteiger partial charge in [-0.15, -0.1) is 11.3 Å². The van der Waals surface area contributed by atoms with E-state index in [2.05, 4.69) is 10.2 Å². The van der Waals surface area contributed by atoms with Gasteiger partial charge in [0.15, 0.2) is 0 Å². The number of amides is 1. The molecule has 0 atom stereocenters. The highest BCUT2D eigenvalue weighted by atomic mass is 32.1. The first kappa shape index (κ1) is 11.6. The number of thiazole rings is 1. The topological polar surface area (TPSA) is 87.4 Å². The number of hydrogen-bond acceptors (Lipinski definition) is 5. The van der Waals surface area contributed by atoms with E-state index in [0.29, 0.717) is 18.8 Å². The van der Waals surface area contributed by atoms with Crippen LogP contribution in [0.15, 0.2) is 18.6 Å². The van der Waals surface area contributed by atoms with Crippen molar-refractivity contribution < 1.29 is 9.53 Å². The first-order valence-corrected chi connectivity index (χ1v) is 6.95. The average molecular weight is 289 g/mol. The smallest absolute Gasteiger partial charge is 0.253 e. The second kappa shape index (κ2) is 4.15. The number of rotatable bonds is 2. The third-order valence-electron chi connectivity index (χ3n) is 3.36. The standard InChI is InChI=1S/C12H11N5O2S/c13-11(18)8-4-15-17-5-10(20-12(8)17)7-3-14-16-1-2-19-6-9(7)16/h3-5H,1-2,6H2,(H2,13,18). The van der Waals surface area contributed by atoms with Crippen LogP contribution in [-0.2, 0) is 17.9 Å². The second-order valence-corrected chi connectivity index (χ2v) is 5.58. The monoisotopic (exact) mass is 289 g/mol. The lowest BCUT2D eigenvalue weighted by Crippen LogP contribution is -2.17. The van der Waals surface area contributed by atoms with Crippen LogP contribution in [0.1, 0.15) is 16.1 Å². The minimum atomic E-state index is -0.464. The minimum absolute atomic E-state index is 0.443. The molecule has 0 saturated carbocycles. The molecule has 7 nitrogen and oxygen atoms in total. The SMILES string of the molecule is NC(=O)c1cnn2cc(-c3cnn4c3COCC4)sc12. The number of nitrogens with zero attached hydrogens (tertiary/aromatic N) is 4. The zero-order valence-corrected chi connectivity index (χ0v) is 11.3. The average Bonchev–Trinajstić information content (AvgIpc) is 3.10. The lowest BCUT2D eigenvalue weighted by atomic mass is 10.2. The zero-order valence-electron chi connectivity index (χ0n) is 10.4. The van der Waals surface area contributed by atoms with Gasteiger partial charge in [0.2, 0.25) is 0 Å². The van der Waals surface area contributed by atoms with E-state index in [-0.39, 0.29) is 0 Å². The summed E-state index contributed by atoms with van der Waals surface area (Å²) in [5.41, 5.74) is 7.86. The fourth-order valence-corrected chi connectivity index (χ4v) is 3.46. The molecule has 0 aliphatic carbocycles. The van der Waals surface area contributed by atoms with E-state index >= 15 is 0 Å². The molecule has 0 unspecified atom stereocenters. The summed E-state index contributed by atoms with van der Waals surface area (Å²) in [6.07, 6.45) is 5.21. The molecule has 0 aromatic carbocycles. The van der Waals surface area contributed by atoms with Crippen LogP contribution in [-0.4, -0.2) is 31.9 Å². The van der Waals surface area contributed by atoms with Crippen molar-refractivity contribution in [2.24, 2.45) is 5.73 Å². The Balaban J connectivity index is 1.86. The predicted octanol–water partition coefficient (Wildman–Crippen LogP) is 0.888. The van der Waals surface area contributed by atoms with Crippen LogP contribution < -0.4 is 5.73 Å². The molecule has 1 aliphatic heterocycles. The summed E-state index contributed by atoms with van der Waals surface area (Å²) in [5.74, 6) is -0.464. The van der Waals surface area contributed by atoms with E-state index in [1.54, 1.807) is 4.52 Å². The van der Waals surface area contributed by atoms with Crippen molar-refractivity contribution in [2.75, 3.05) is 6.61 Å². The fraction of sp³-hybridized carbons (Fsp3) is 0.250. The van der Waals surface area contributed by atoms with Crippen molar-refractivity contribution in [3.05, 3.63) is 29.8 Å². The van der Waals surface area contributed by atoms with Crippen molar-refractivity contribution in [1.82, 2.24) is 19.4 Å². The third-order valence-corrected chi connectivity index (χ3v) is 4.51. The van der Waals surface area contributed by atoms with Crippen LogP contribution >= 0.6 is 11.3 Å². The number of ether oxygens (including phenoxy) is 1. The molecule has 2 N–H and O–H groups in total. The number of fused-ring (bicyclic) bond motifs is 2. The Morgan fingerprint density at radius 3 is 3.15 bits per heavy atom. The van der Waals surface area contributed by atoms with E-state index in [0.717, 1.165) is 27.5 Å². The van der Waals surface area contributed by atoms with Crippen LogP contribution in [0.25, 0.3) is 15.3 Å². The fourth-order valence-electron chi connectivity index (χ4n) is 2.36. The number of carbonyl (C=O) groups excluding carboxylic acids is 1. The maximum atomic E-state index is 11.3. The molecule has 1 amide bonds. The molecule has 3 aromatic heterocycles. The van der Waals surface area contributed by atoms with Gasteiger partial charge in [-0.05, 0) is 0 Å².